The van der Waals surface area contributed by atoms with Gasteiger partial charge in [-0.1, -0.05) is 0 Å². The fraction of sp³-hybridized carbons (Fsp3) is 0.455. The molecule has 0 saturated heterocycles. The molecule has 0 aromatic carbocycles. The van der Waals surface area contributed by atoms with Crippen molar-refractivity contribution in [2.75, 3.05) is 0 Å². The fourth-order valence-electron chi connectivity index (χ4n) is 1.19. The van der Waals surface area contributed by atoms with Crippen LogP contribution in [0.15, 0.2) is 16.3 Å². The van der Waals surface area contributed by atoms with Gasteiger partial charge < -0.3 is 5.32 Å². The van der Waals surface area contributed by atoms with Crippen LogP contribution in [-0.2, 0) is 6.54 Å². The maximum atomic E-state index is 4.56. The van der Waals surface area contributed by atoms with Crippen molar-refractivity contribution in [1.29, 1.82) is 0 Å². The Kier molecular flexibility index (Phi) is 3.37. The lowest BCUT2D eigenvalue weighted by atomic mass is 10.1. The minimum atomic E-state index is 0.131. The molecule has 2 heterocycles. The molecule has 0 aliphatic rings. The molecular formula is C11H15N3S2. The summed E-state index contributed by atoms with van der Waals surface area (Å²) < 4.78 is 0. The van der Waals surface area contributed by atoms with E-state index < -0.39 is 0 Å². The van der Waals surface area contributed by atoms with Crippen molar-refractivity contribution in [2.24, 2.45) is 0 Å². The van der Waals surface area contributed by atoms with Crippen LogP contribution in [0.2, 0.25) is 0 Å². The molecule has 2 rings (SSSR count). The number of thiazole rings is 2. The number of rotatable bonds is 3. The van der Waals surface area contributed by atoms with E-state index in [1.807, 2.05) is 10.9 Å². The molecule has 86 valence electrons. The SMILES string of the molecule is CC(C)(C)NCc1nc(-c2cscn2)cs1. The fourth-order valence-corrected chi connectivity index (χ4v) is 2.46. The van der Waals surface area contributed by atoms with E-state index in [2.05, 4.69) is 41.4 Å². The van der Waals surface area contributed by atoms with E-state index in [0.717, 1.165) is 22.9 Å². The van der Waals surface area contributed by atoms with Gasteiger partial charge in [-0.05, 0) is 20.8 Å². The van der Waals surface area contributed by atoms with E-state index in [9.17, 15) is 0 Å². The monoisotopic (exact) mass is 253 g/mol. The highest BCUT2D eigenvalue weighted by Gasteiger charge is 2.11. The Morgan fingerprint density at radius 1 is 1.25 bits per heavy atom. The van der Waals surface area contributed by atoms with E-state index in [1.54, 1.807) is 22.7 Å². The van der Waals surface area contributed by atoms with Gasteiger partial charge >= 0.3 is 0 Å². The summed E-state index contributed by atoms with van der Waals surface area (Å²) in [4.78, 5) is 8.81. The minimum absolute atomic E-state index is 0.131. The molecule has 2 aromatic heterocycles. The van der Waals surface area contributed by atoms with Crippen LogP contribution in [0.25, 0.3) is 11.4 Å². The first-order chi connectivity index (χ1) is 7.54. The molecule has 16 heavy (non-hydrogen) atoms. The summed E-state index contributed by atoms with van der Waals surface area (Å²) in [6.45, 7) is 7.28. The normalized spacial score (nSPS) is 11.9. The van der Waals surface area contributed by atoms with Crippen LogP contribution in [0.4, 0.5) is 0 Å². The third-order valence-electron chi connectivity index (χ3n) is 2.02. The van der Waals surface area contributed by atoms with Crippen LogP contribution in [0.1, 0.15) is 25.8 Å². The number of hydrogen-bond acceptors (Lipinski definition) is 5. The summed E-state index contributed by atoms with van der Waals surface area (Å²) in [5, 5.41) is 8.62. The first-order valence-corrected chi connectivity index (χ1v) is 6.95. The van der Waals surface area contributed by atoms with Gasteiger partial charge in [-0.3, -0.25) is 0 Å². The molecule has 0 aliphatic heterocycles. The van der Waals surface area contributed by atoms with E-state index >= 15 is 0 Å². The van der Waals surface area contributed by atoms with Crippen LogP contribution in [0.3, 0.4) is 0 Å². The molecule has 5 heteroatoms. The molecule has 0 unspecified atom stereocenters. The first kappa shape index (κ1) is 11.7. The van der Waals surface area contributed by atoms with Gasteiger partial charge in [0.05, 0.1) is 5.51 Å². The Hall–Kier alpha value is -0.780. The van der Waals surface area contributed by atoms with Gasteiger partial charge in [-0.2, -0.15) is 0 Å². The van der Waals surface area contributed by atoms with Crippen LogP contribution >= 0.6 is 22.7 Å². The zero-order chi connectivity index (χ0) is 11.6. The highest BCUT2D eigenvalue weighted by molar-refractivity contribution is 7.10. The smallest absolute Gasteiger partial charge is 0.107 e. The lowest BCUT2D eigenvalue weighted by Gasteiger charge is -2.19. The van der Waals surface area contributed by atoms with Crippen molar-refractivity contribution < 1.29 is 0 Å². The maximum absolute atomic E-state index is 4.56. The van der Waals surface area contributed by atoms with E-state index in [-0.39, 0.29) is 5.54 Å². The quantitative estimate of drug-likeness (QED) is 0.913. The predicted molar refractivity (Wildman–Crippen MR) is 69.8 cm³/mol. The predicted octanol–water partition coefficient (Wildman–Crippen LogP) is 3.15. The highest BCUT2D eigenvalue weighted by atomic mass is 32.1. The van der Waals surface area contributed by atoms with E-state index in [4.69, 9.17) is 0 Å². The second-order valence-electron chi connectivity index (χ2n) is 4.60. The third kappa shape index (κ3) is 3.10. The topological polar surface area (TPSA) is 37.8 Å². The lowest BCUT2D eigenvalue weighted by molar-refractivity contribution is 0.424. The molecule has 0 radical (unpaired) electrons. The molecule has 0 bridgehead atoms. The minimum Gasteiger partial charge on any atom is -0.306 e. The molecule has 0 amide bonds. The van der Waals surface area contributed by atoms with Crippen molar-refractivity contribution in [3.05, 3.63) is 21.3 Å². The molecule has 0 aliphatic carbocycles. The third-order valence-corrected chi connectivity index (χ3v) is 3.45. The zero-order valence-electron chi connectivity index (χ0n) is 9.65. The average molecular weight is 253 g/mol. The van der Waals surface area contributed by atoms with Gasteiger partial charge in [0.25, 0.3) is 0 Å². The molecule has 0 spiro atoms. The molecule has 0 fully saturated rings. The standard InChI is InChI=1S/C11H15N3S2/c1-11(2,3)13-4-10-14-9(6-16-10)8-5-15-7-12-8/h5-7,13H,4H2,1-3H3. The van der Waals surface area contributed by atoms with Gasteiger partial charge in [0.1, 0.15) is 16.4 Å². The summed E-state index contributed by atoms with van der Waals surface area (Å²) in [6.07, 6.45) is 0. The van der Waals surface area contributed by atoms with Gasteiger partial charge in [-0.15, -0.1) is 22.7 Å². The van der Waals surface area contributed by atoms with Crippen molar-refractivity contribution >= 4 is 22.7 Å². The van der Waals surface area contributed by atoms with Crippen LogP contribution in [0.5, 0.6) is 0 Å². The summed E-state index contributed by atoms with van der Waals surface area (Å²) in [7, 11) is 0. The number of hydrogen-bond donors (Lipinski definition) is 1. The molecule has 0 atom stereocenters. The van der Waals surface area contributed by atoms with Crippen molar-refractivity contribution in [3.63, 3.8) is 0 Å². The van der Waals surface area contributed by atoms with E-state index in [1.165, 1.54) is 0 Å². The Morgan fingerprint density at radius 2 is 2.06 bits per heavy atom. The lowest BCUT2D eigenvalue weighted by Crippen LogP contribution is -2.34. The number of aromatic nitrogens is 2. The molecular weight excluding hydrogens is 238 g/mol. The second-order valence-corrected chi connectivity index (χ2v) is 6.27. The first-order valence-electron chi connectivity index (χ1n) is 5.12. The Bertz CT molecular complexity index is 440. The number of nitrogens with zero attached hydrogens (tertiary/aromatic N) is 2. The largest absolute Gasteiger partial charge is 0.306 e. The van der Waals surface area contributed by atoms with Gasteiger partial charge in [0.2, 0.25) is 0 Å². The molecule has 1 N–H and O–H groups in total. The molecule has 3 nitrogen and oxygen atoms in total. The van der Waals surface area contributed by atoms with Crippen molar-refractivity contribution in [3.8, 4) is 11.4 Å². The van der Waals surface area contributed by atoms with Crippen LogP contribution in [0, 0.1) is 0 Å². The summed E-state index contributed by atoms with van der Waals surface area (Å²) in [6, 6.07) is 0. The Labute approximate surface area is 104 Å². The van der Waals surface area contributed by atoms with E-state index in [0.29, 0.717) is 0 Å². The van der Waals surface area contributed by atoms with Crippen LogP contribution in [-0.4, -0.2) is 15.5 Å². The van der Waals surface area contributed by atoms with Gasteiger partial charge in [-0.25, -0.2) is 9.97 Å². The second kappa shape index (κ2) is 4.61. The highest BCUT2D eigenvalue weighted by Crippen LogP contribution is 2.21. The maximum Gasteiger partial charge on any atom is 0.107 e. The summed E-state index contributed by atoms with van der Waals surface area (Å²) >= 11 is 3.28. The summed E-state index contributed by atoms with van der Waals surface area (Å²) in [5.41, 5.74) is 3.93. The number of nitrogens with one attached hydrogen (secondary N) is 1. The molecule has 0 saturated carbocycles. The van der Waals surface area contributed by atoms with Gasteiger partial charge in [0, 0.05) is 22.8 Å². The van der Waals surface area contributed by atoms with Crippen molar-refractivity contribution in [1.82, 2.24) is 15.3 Å². The van der Waals surface area contributed by atoms with Gasteiger partial charge in [0.15, 0.2) is 0 Å². The Balaban J connectivity index is 2.03. The average Bonchev–Trinajstić information content (AvgIpc) is 2.84. The summed E-state index contributed by atoms with van der Waals surface area (Å²) in [5.74, 6) is 0. The van der Waals surface area contributed by atoms with Crippen LogP contribution < -0.4 is 5.32 Å². The van der Waals surface area contributed by atoms with Crippen molar-refractivity contribution in [2.45, 2.75) is 32.9 Å². The Morgan fingerprint density at radius 3 is 2.69 bits per heavy atom. The zero-order valence-corrected chi connectivity index (χ0v) is 11.3. The molecule has 2 aromatic rings.